The number of aryl methyl sites for hydroxylation is 1. The van der Waals surface area contributed by atoms with E-state index in [9.17, 15) is 0 Å². The number of hydrogen-bond acceptors (Lipinski definition) is 5. The topological polar surface area (TPSA) is 54.2 Å². The van der Waals surface area contributed by atoms with Gasteiger partial charge in [0.05, 0.1) is 11.9 Å². The molecule has 170 valence electrons. The Bertz CT molecular complexity index is 1620. The molecule has 0 unspecified atom stereocenters. The first-order valence-corrected chi connectivity index (χ1v) is 12.2. The second-order valence-corrected chi connectivity index (χ2v) is 9.27. The third kappa shape index (κ3) is 4.44. The van der Waals surface area contributed by atoms with E-state index in [1.165, 1.54) is 21.2 Å². The number of nitrogens with one attached hydrogen (secondary N) is 2. The molecule has 2 heterocycles. The fourth-order valence-electron chi connectivity index (χ4n) is 4.05. The van der Waals surface area contributed by atoms with E-state index in [1.807, 2.05) is 24.5 Å². The van der Waals surface area contributed by atoms with Gasteiger partial charge in [0.25, 0.3) is 0 Å². The van der Waals surface area contributed by atoms with Crippen LogP contribution in [0.4, 0.5) is 17.2 Å². The molecule has 0 radical (unpaired) electrons. The van der Waals surface area contributed by atoms with Crippen molar-refractivity contribution in [1.82, 2.24) is 14.4 Å². The average Bonchev–Trinajstić information content (AvgIpc) is 3.34. The fourth-order valence-corrected chi connectivity index (χ4v) is 4.70. The number of benzene rings is 4. The Morgan fingerprint density at radius 3 is 2.37 bits per heavy atom. The van der Waals surface area contributed by atoms with Crippen molar-refractivity contribution in [2.24, 2.45) is 0 Å². The van der Waals surface area contributed by atoms with Crippen molar-refractivity contribution in [2.45, 2.75) is 11.8 Å². The molecule has 0 amide bonds. The van der Waals surface area contributed by atoms with Crippen LogP contribution >= 0.6 is 11.9 Å². The maximum absolute atomic E-state index is 4.68. The summed E-state index contributed by atoms with van der Waals surface area (Å²) >= 11 is 1.60. The lowest BCUT2D eigenvalue weighted by Gasteiger charge is -2.10. The van der Waals surface area contributed by atoms with Gasteiger partial charge in [-0.25, -0.2) is 9.97 Å². The highest BCUT2D eigenvalue weighted by Gasteiger charge is 2.11. The number of fused-ring (bicyclic) bond motifs is 2. The minimum Gasteiger partial charge on any atom is -0.337 e. The van der Waals surface area contributed by atoms with Gasteiger partial charge in [0.2, 0.25) is 0 Å². The van der Waals surface area contributed by atoms with Crippen LogP contribution in [0.2, 0.25) is 0 Å². The van der Waals surface area contributed by atoms with E-state index in [-0.39, 0.29) is 0 Å². The van der Waals surface area contributed by atoms with Crippen molar-refractivity contribution in [2.75, 3.05) is 10.0 Å². The Labute approximate surface area is 208 Å². The Morgan fingerprint density at radius 1 is 0.771 bits per heavy atom. The SMILES string of the molecule is Cc1ccc(SNc2ccc(Nc3nccn4c(-c5ccc6ccccc6c5)cnc34)cc2)cc1. The van der Waals surface area contributed by atoms with E-state index in [2.05, 4.69) is 110 Å². The molecule has 2 N–H and O–H groups in total. The highest BCUT2D eigenvalue weighted by atomic mass is 32.2. The lowest BCUT2D eigenvalue weighted by molar-refractivity contribution is 1.13. The molecule has 4 aromatic carbocycles. The average molecular weight is 474 g/mol. The molecule has 0 bridgehead atoms. The summed E-state index contributed by atoms with van der Waals surface area (Å²) in [6.45, 7) is 2.09. The first-order valence-electron chi connectivity index (χ1n) is 11.4. The highest BCUT2D eigenvalue weighted by molar-refractivity contribution is 8.00. The maximum Gasteiger partial charge on any atom is 0.180 e. The molecule has 0 aliphatic carbocycles. The summed E-state index contributed by atoms with van der Waals surface area (Å²) in [6.07, 6.45) is 5.66. The molecule has 0 spiro atoms. The van der Waals surface area contributed by atoms with Crippen LogP contribution in [0.1, 0.15) is 5.56 Å². The maximum atomic E-state index is 4.68. The number of imidazole rings is 1. The van der Waals surface area contributed by atoms with Crippen molar-refractivity contribution < 1.29 is 0 Å². The summed E-state index contributed by atoms with van der Waals surface area (Å²) in [4.78, 5) is 10.4. The van der Waals surface area contributed by atoms with Crippen molar-refractivity contribution in [3.8, 4) is 11.3 Å². The van der Waals surface area contributed by atoms with Gasteiger partial charge in [-0.15, -0.1) is 0 Å². The van der Waals surface area contributed by atoms with E-state index >= 15 is 0 Å². The van der Waals surface area contributed by atoms with Crippen molar-refractivity contribution in [3.63, 3.8) is 0 Å². The molecule has 0 aliphatic heterocycles. The van der Waals surface area contributed by atoms with Crippen LogP contribution in [0.3, 0.4) is 0 Å². The normalized spacial score (nSPS) is 11.1. The smallest absolute Gasteiger partial charge is 0.180 e. The second kappa shape index (κ2) is 9.16. The lowest BCUT2D eigenvalue weighted by Crippen LogP contribution is -1.98. The van der Waals surface area contributed by atoms with Crippen LogP contribution in [-0.2, 0) is 0 Å². The molecule has 0 fully saturated rings. The number of rotatable bonds is 6. The molecule has 6 rings (SSSR count). The summed E-state index contributed by atoms with van der Waals surface area (Å²) < 4.78 is 5.47. The number of aromatic nitrogens is 3. The summed E-state index contributed by atoms with van der Waals surface area (Å²) in [7, 11) is 0. The first kappa shape index (κ1) is 21.3. The predicted octanol–water partition coefficient (Wildman–Crippen LogP) is 7.72. The molecular weight excluding hydrogens is 450 g/mol. The predicted molar refractivity (Wildman–Crippen MR) is 146 cm³/mol. The van der Waals surface area contributed by atoms with Crippen molar-refractivity contribution in [1.29, 1.82) is 0 Å². The van der Waals surface area contributed by atoms with Crippen molar-refractivity contribution in [3.05, 3.63) is 115 Å². The van der Waals surface area contributed by atoms with Gasteiger partial charge in [0.15, 0.2) is 11.5 Å². The molecule has 0 saturated carbocycles. The molecule has 2 aromatic heterocycles. The zero-order valence-electron chi connectivity index (χ0n) is 19.1. The molecule has 6 aromatic rings. The van der Waals surface area contributed by atoms with Crippen LogP contribution in [0.5, 0.6) is 0 Å². The van der Waals surface area contributed by atoms with Crippen LogP contribution in [0.25, 0.3) is 27.7 Å². The third-order valence-corrected chi connectivity index (χ3v) is 6.77. The lowest BCUT2D eigenvalue weighted by atomic mass is 10.1. The Kier molecular flexibility index (Phi) is 5.56. The minimum atomic E-state index is 0.717. The van der Waals surface area contributed by atoms with Gasteiger partial charge in [0.1, 0.15) is 0 Å². The van der Waals surface area contributed by atoms with Gasteiger partial charge < -0.3 is 10.0 Å². The molecule has 5 nitrogen and oxygen atoms in total. The van der Waals surface area contributed by atoms with Gasteiger partial charge in [0, 0.05) is 34.2 Å². The van der Waals surface area contributed by atoms with E-state index < -0.39 is 0 Å². The Hall–Kier alpha value is -4.29. The Balaban J connectivity index is 1.21. The van der Waals surface area contributed by atoms with E-state index in [4.69, 9.17) is 0 Å². The van der Waals surface area contributed by atoms with Crippen LogP contribution < -0.4 is 10.0 Å². The summed E-state index contributed by atoms with van der Waals surface area (Å²) in [5.74, 6) is 0.717. The largest absolute Gasteiger partial charge is 0.337 e. The van der Waals surface area contributed by atoms with Gasteiger partial charge in [-0.3, -0.25) is 4.40 Å². The monoisotopic (exact) mass is 473 g/mol. The highest BCUT2D eigenvalue weighted by Crippen LogP contribution is 2.28. The van der Waals surface area contributed by atoms with E-state index in [0.717, 1.165) is 28.3 Å². The van der Waals surface area contributed by atoms with Crippen LogP contribution in [0.15, 0.2) is 114 Å². The molecule has 6 heteroatoms. The quantitative estimate of drug-likeness (QED) is 0.243. The van der Waals surface area contributed by atoms with E-state index in [0.29, 0.717) is 5.82 Å². The number of nitrogens with zero attached hydrogens (tertiary/aromatic N) is 3. The summed E-state index contributed by atoms with van der Waals surface area (Å²) in [5, 5.41) is 5.86. The number of hydrogen-bond donors (Lipinski definition) is 2. The Morgan fingerprint density at radius 2 is 1.54 bits per heavy atom. The summed E-state index contributed by atoms with van der Waals surface area (Å²) in [5.41, 5.74) is 6.18. The first-order chi connectivity index (χ1) is 17.2. The van der Waals surface area contributed by atoms with Gasteiger partial charge in [-0.1, -0.05) is 54.1 Å². The molecular formula is C29H23N5S. The van der Waals surface area contributed by atoms with Crippen LogP contribution in [-0.4, -0.2) is 14.4 Å². The molecule has 0 saturated heterocycles. The third-order valence-electron chi connectivity index (χ3n) is 5.93. The standard InChI is InChI=1S/C29H23N5S/c1-20-6-14-26(15-7-20)35-33-25-12-10-24(11-13-25)32-28-29-31-19-27(34(29)17-16-30-28)23-9-8-21-4-2-3-5-22(21)18-23/h2-19,33H,1H3,(H,30,32). The van der Waals surface area contributed by atoms with Gasteiger partial charge in [-0.05, 0) is 72.1 Å². The zero-order valence-corrected chi connectivity index (χ0v) is 20.0. The molecule has 35 heavy (non-hydrogen) atoms. The second-order valence-electron chi connectivity index (χ2n) is 8.39. The van der Waals surface area contributed by atoms with Crippen LogP contribution in [0, 0.1) is 6.92 Å². The minimum absolute atomic E-state index is 0.717. The van der Waals surface area contributed by atoms with E-state index in [1.54, 1.807) is 18.1 Å². The molecule has 0 aliphatic rings. The molecule has 0 atom stereocenters. The fraction of sp³-hybridized carbons (Fsp3) is 0.0345. The summed E-state index contributed by atoms with van der Waals surface area (Å²) in [6, 6.07) is 31.5. The van der Waals surface area contributed by atoms with Crippen molar-refractivity contribution >= 4 is 45.6 Å². The number of anilines is 3. The zero-order chi connectivity index (χ0) is 23.6. The van der Waals surface area contributed by atoms with Gasteiger partial charge in [-0.2, -0.15) is 0 Å². The van der Waals surface area contributed by atoms with Gasteiger partial charge >= 0.3 is 0 Å².